The number of nitrogens with zero attached hydrogens (tertiary/aromatic N) is 1. The molecule has 1 fully saturated rings. The van der Waals surface area contributed by atoms with Gasteiger partial charge in [0.1, 0.15) is 5.54 Å². The van der Waals surface area contributed by atoms with Crippen LogP contribution < -0.4 is 11.1 Å². The van der Waals surface area contributed by atoms with Gasteiger partial charge in [0.05, 0.1) is 19.1 Å². The average molecular weight is 183 g/mol. The van der Waals surface area contributed by atoms with Crippen molar-refractivity contribution in [3.8, 4) is 6.07 Å². The number of rotatable bonds is 3. The van der Waals surface area contributed by atoms with Crippen LogP contribution in [-0.2, 0) is 9.53 Å². The summed E-state index contributed by atoms with van der Waals surface area (Å²) >= 11 is 0. The van der Waals surface area contributed by atoms with E-state index in [-0.39, 0.29) is 12.5 Å². The number of nitrogens with one attached hydrogen (secondary N) is 1. The first-order chi connectivity index (χ1) is 6.19. The topological polar surface area (TPSA) is 88.1 Å². The number of hydrogen-bond acceptors (Lipinski definition) is 4. The summed E-state index contributed by atoms with van der Waals surface area (Å²) in [5, 5.41) is 10.9. The Morgan fingerprint density at radius 3 is 3.08 bits per heavy atom. The van der Waals surface area contributed by atoms with Gasteiger partial charge in [0, 0.05) is 13.2 Å². The van der Waals surface area contributed by atoms with Gasteiger partial charge >= 0.3 is 0 Å². The van der Waals surface area contributed by atoms with Crippen LogP contribution in [0.25, 0.3) is 0 Å². The molecule has 0 aromatic carbocycles. The Kier molecular flexibility index (Phi) is 3.23. The maximum atomic E-state index is 11.4. The first-order valence-electron chi connectivity index (χ1n) is 4.21. The summed E-state index contributed by atoms with van der Waals surface area (Å²) in [5.74, 6) is -0.222. The maximum Gasteiger partial charge on any atom is 0.242 e. The molecule has 5 heteroatoms. The van der Waals surface area contributed by atoms with Gasteiger partial charge in [-0.1, -0.05) is 0 Å². The van der Waals surface area contributed by atoms with E-state index >= 15 is 0 Å². The number of nitriles is 1. The largest absolute Gasteiger partial charge is 0.379 e. The minimum Gasteiger partial charge on any atom is -0.379 e. The lowest BCUT2D eigenvalue weighted by atomic mass is 9.99. The Bertz CT molecular complexity index is 228. The van der Waals surface area contributed by atoms with Crippen molar-refractivity contribution in [1.82, 2.24) is 5.32 Å². The summed E-state index contributed by atoms with van der Waals surface area (Å²) in [6.45, 7) is 1.15. The summed E-state index contributed by atoms with van der Waals surface area (Å²) in [4.78, 5) is 11.4. The Labute approximate surface area is 76.8 Å². The zero-order valence-corrected chi connectivity index (χ0v) is 7.38. The third-order valence-electron chi connectivity index (χ3n) is 2.03. The molecule has 0 spiro atoms. The number of amides is 1. The number of hydrogen-bond donors (Lipinski definition) is 2. The van der Waals surface area contributed by atoms with Crippen molar-refractivity contribution in [3.63, 3.8) is 0 Å². The van der Waals surface area contributed by atoms with Gasteiger partial charge in [-0.15, -0.1) is 0 Å². The van der Waals surface area contributed by atoms with Gasteiger partial charge in [-0.05, 0) is 6.42 Å². The lowest BCUT2D eigenvalue weighted by Crippen LogP contribution is -2.54. The fraction of sp³-hybridized carbons (Fsp3) is 0.750. The molecule has 3 N–H and O–H groups in total. The highest BCUT2D eigenvalue weighted by atomic mass is 16.5. The zero-order valence-electron chi connectivity index (χ0n) is 7.38. The number of carbonyl (C=O) groups excluding carboxylic acids is 1. The van der Waals surface area contributed by atoms with Crippen molar-refractivity contribution in [2.24, 2.45) is 5.73 Å². The highest BCUT2D eigenvalue weighted by Crippen LogP contribution is 2.14. The lowest BCUT2D eigenvalue weighted by molar-refractivity contribution is -0.126. The molecular weight excluding hydrogens is 170 g/mol. The van der Waals surface area contributed by atoms with Gasteiger partial charge < -0.3 is 15.8 Å². The molecule has 13 heavy (non-hydrogen) atoms. The van der Waals surface area contributed by atoms with Crippen molar-refractivity contribution >= 4 is 5.91 Å². The molecule has 1 atom stereocenters. The molecule has 1 amide bonds. The molecule has 0 aromatic heterocycles. The van der Waals surface area contributed by atoms with E-state index in [1.54, 1.807) is 0 Å². The first kappa shape index (κ1) is 9.96. The predicted octanol–water partition coefficient (Wildman–Crippen LogP) is -0.866. The Balaban J connectivity index is 2.34. The van der Waals surface area contributed by atoms with Crippen molar-refractivity contribution in [2.75, 3.05) is 19.8 Å². The van der Waals surface area contributed by atoms with E-state index in [0.29, 0.717) is 26.0 Å². The van der Waals surface area contributed by atoms with Crippen LogP contribution in [0, 0.1) is 11.3 Å². The van der Waals surface area contributed by atoms with E-state index in [1.165, 1.54) is 0 Å². The molecule has 0 radical (unpaired) electrons. The van der Waals surface area contributed by atoms with E-state index in [9.17, 15) is 4.79 Å². The van der Waals surface area contributed by atoms with Crippen LogP contribution in [0.15, 0.2) is 0 Å². The van der Waals surface area contributed by atoms with Crippen molar-refractivity contribution in [2.45, 2.75) is 18.4 Å². The normalized spacial score (nSPS) is 26.8. The van der Waals surface area contributed by atoms with Crippen LogP contribution in [0.4, 0.5) is 0 Å². The fourth-order valence-electron chi connectivity index (χ4n) is 1.17. The minimum absolute atomic E-state index is 0.222. The van der Waals surface area contributed by atoms with E-state index in [4.69, 9.17) is 15.7 Å². The van der Waals surface area contributed by atoms with E-state index in [1.807, 2.05) is 6.07 Å². The van der Waals surface area contributed by atoms with E-state index in [0.717, 1.165) is 0 Å². The van der Waals surface area contributed by atoms with Crippen LogP contribution in [0.3, 0.4) is 0 Å². The first-order valence-corrected chi connectivity index (χ1v) is 4.21. The summed E-state index contributed by atoms with van der Waals surface area (Å²) in [5.41, 5.74) is 4.89. The molecule has 1 rings (SSSR count). The lowest BCUT2D eigenvalue weighted by Gasteiger charge is -2.19. The molecule has 5 nitrogen and oxygen atoms in total. The zero-order chi connectivity index (χ0) is 9.73. The molecule has 0 aliphatic carbocycles. The SMILES string of the molecule is N#CCCNC(=O)C1(N)CCOC1. The van der Waals surface area contributed by atoms with Gasteiger partial charge in [-0.2, -0.15) is 5.26 Å². The predicted molar refractivity (Wildman–Crippen MR) is 45.6 cm³/mol. The quantitative estimate of drug-likeness (QED) is 0.557. The van der Waals surface area contributed by atoms with E-state index in [2.05, 4.69) is 5.32 Å². The van der Waals surface area contributed by atoms with Crippen molar-refractivity contribution in [3.05, 3.63) is 0 Å². The number of nitrogens with two attached hydrogens (primary N) is 1. The highest BCUT2D eigenvalue weighted by Gasteiger charge is 2.37. The molecule has 72 valence electrons. The second-order valence-corrected chi connectivity index (χ2v) is 3.12. The monoisotopic (exact) mass is 183 g/mol. The molecule has 1 unspecified atom stereocenters. The number of ether oxygens (including phenoxy) is 1. The van der Waals surface area contributed by atoms with Gasteiger partial charge in [0.15, 0.2) is 0 Å². The second-order valence-electron chi connectivity index (χ2n) is 3.12. The third-order valence-corrected chi connectivity index (χ3v) is 2.03. The average Bonchev–Trinajstić information content (AvgIpc) is 2.54. The molecule has 1 heterocycles. The van der Waals surface area contributed by atoms with E-state index < -0.39 is 5.54 Å². The third kappa shape index (κ3) is 2.41. The van der Waals surface area contributed by atoms with Crippen LogP contribution in [0.2, 0.25) is 0 Å². The van der Waals surface area contributed by atoms with Gasteiger partial charge in [0.25, 0.3) is 0 Å². The molecule has 1 saturated heterocycles. The summed E-state index contributed by atoms with van der Waals surface area (Å²) in [7, 11) is 0. The van der Waals surface area contributed by atoms with Crippen LogP contribution in [0.5, 0.6) is 0 Å². The molecule has 0 bridgehead atoms. The molecule has 1 aliphatic heterocycles. The molecule has 0 aromatic rings. The smallest absolute Gasteiger partial charge is 0.242 e. The van der Waals surface area contributed by atoms with Gasteiger partial charge in [0.2, 0.25) is 5.91 Å². The van der Waals surface area contributed by atoms with Crippen LogP contribution in [-0.4, -0.2) is 31.2 Å². The summed E-state index contributed by atoms with van der Waals surface area (Å²) in [6, 6.07) is 1.94. The Hall–Kier alpha value is -1.12. The summed E-state index contributed by atoms with van der Waals surface area (Å²) in [6.07, 6.45) is 0.855. The standard InChI is InChI=1S/C8H13N3O2/c9-3-1-4-11-7(12)8(10)2-5-13-6-8/h1-2,4-6,10H2,(H,11,12). The molecule has 0 saturated carbocycles. The van der Waals surface area contributed by atoms with Crippen molar-refractivity contribution < 1.29 is 9.53 Å². The molecular formula is C8H13N3O2. The second kappa shape index (κ2) is 4.21. The van der Waals surface area contributed by atoms with Gasteiger partial charge in [-0.25, -0.2) is 0 Å². The van der Waals surface area contributed by atoms with Crippen LogP contribution in [0.1, 0.15) is 12.8 Å². The summed E-state index contributed by atoms with van der Waals surface area (Å²) < 4.78 is 5.04. The Morgan fingerprint density at radius 1 is 1.77 bits per heavy atom. The van der Waals surface area contributed by atoms with Gasteiger partial charge in [-0.3, -0.25) is 4.79 Å². The van der Waals surface area contributed by atoms with Crippen molar-refractivity contribution in [1.29, 1.82) is 5.26 Å². The Morgan fingerprint density at radius 2 is 2.54 bits per heavy atom. The van der Waals surface area contributed by atoms with Crippen LogP contribution >= 0.6 is 0 Å². The number of carbonyl (C=O) groups is 1. The highest BCUT2D eigenvalue weighted by molar-refractivity contribution is 5.86. The maximum absolute atomic E-state index is 11.4. The fourth-order valence-corrected chi connectivity index (χ4v) is 1.17. The molecule has 1 aliphatic rings. The minimum atomic E-state index is -0.880.